The van der Waals surface area contributed by atoms with Crippen LogP contribution in [0, 0.1) is 0 Å². The molecule has 1 aromatic heterocycles. The first kappa shape index (κ1) is 11.7. The van der Waals surface area contributed by atoms with E-state index in [0.29, 0.717) is 6.54 Å². The van der Waals surface area contributed by atoms with Crippen LogP contribution in [0.2, 0.25) is 0 Å². The van der Waals surface area contributed by atoms with Crippen LogP contribution in [0.3, 0.4) is 0 Å². The van der Waals surface area contributed by atoms with E-state index in [1.165, 1.54) is 6.33 Å². The summed E-state index contributed by atoms with van der Waals surface area (Å²) in [4.78, 5) is 4.07. The summed E-state index contributed by atoms with van der Waals surface area (Å²) >= 11 is 0. The summed E-state index contributed by atoms with van der Waals surface area (Å²) in [6, 6.07) is 0. The first-order chi connectivity index (χ1) is 4.87. The topological polar surface area (TPSA) is 67.6 Å². The minimum Gasteiger partial charge on any atom is -0.329 e. The second-order valence-electron chi connectivity index (χ2n) is 2.82. The summed E-state index contributed by atoms with van der Waals surface area (Å²) in [7, 11) is 0. The first-order valence-corrected chi connectivity index (χ1v) is 3.43. The maximum atomic E-state index is 5.57. The van der Waals surface area contributed by atoms with E-state index >= 15 is 0 Å². The van der Waals surface area contributed by atoms with Crippen molar-refractivity contribution < 1.29 is 0 Å². The fourth-order valence-electron chi connectivity index (χ4n) is 1.15. The van der Waals surface area contributed by atoms with Gasteiger partial charge in [-0.25, -0.2) is 4.98 Å². The van der Waals surface area contributed by atoms with E-state index in [1.54, 1.807) is 0 Å². The van der Waals surface area contributed by atoms with Crippen molar-refractivity contribution in [3.05, 3.63) is 12.2 Å². The molecule has 0 amide bonds. The van der Waals surface area contributed by atoms with Crippen molar-refractivity contribution >= 4 is 24.8 Å². The highest BCUT2D eigenvalue weighted by atomic mass is 35.5. The zero-order valence-corrected chi connectivity index (χ0v) is 8.12. The maximum Gasteiger partial charge on any atom is 0.137 e. The normalized spacial score (nSPS) is 17.4. The van der Waals surface area contributed by atoms with Gasteiger partial charge in [-0.15, -0.1) is 24.8 Å². The van der Waals surface area contributed by atoms with Gasteiger partial charge in [0.25, 0.3) is 0 Å². The Bertz CT molecular complexity index is 219. The zero-order chi connectivity index (χ0) is 7.03. The molecule has 1 aliphatic carbocycles. The van der Waals surface area contributed by atoms with E-state index in [4.69, 9.17) is 5.73 Å². The van der Waals surface area contributed by atoms with Crippen LogP contribution in [0.25, 0.3) is 0 Å². The summed E-state index contributed by atoms with van der Waals surface area (Å²) in [6.07, 6.45) is 3.84. The Morgan fingerprint density at radius 2 is 2.17 bits per heavy atom. The molecule has 0 unspecified atom stereocenters. The Morgan fingerprint density at radius 1 is 1.50 bits per heavy atom. The minimum atomic E-state index is 0. The van der Waals surface area contributed by atoms with E-state index in [2.05, 4.69) is 15.2 Å². The molecule has 4 nitrogen and oxygen atoms in total. The number of nitrogens with zero attached hydrogens (tertiary/aromatic N) is 2. The molecular formula is C6H12Cl2N4. The molecule has 1 fully saturated rings. The number of aromatic amines is 1. The molecule has 1 heterocycles. The smallest absolute Gasteiger partial charge is 0.137 e. The van der Waals surface area contributed by atoms with Crippen LogP contribution in [0.4, 0.5) is 0 Å². The molecule has 0 spiro atoms. The van der Waals surface area contributed by atoms with Gasteiger partial charge in [-0.3, -0.25) is 5.10 Å². The number of rotatable bonds is 2. The minimum absolute atomic E-state index is 0. The van der Waals surface area contributed by atoms with Crippen LogP contribution in [0.1, 0.15) is 18.7 Å². The fourth-order valence-corrected chi connectivity index (χ4v) is 1.15. The highest BCUT2D eigenvalue weighted by Crippen LogP contribution is 2.45. The van der Waals surface area contributed by atoms with Gasteiger partial charge >= 0.3 is 0 Å². The lowest BCUT2D eigenvalue weighted by Gasteiger charge is -2.05. The molecule has 1 aliphatic rings. The third-order valence-corrected chi connectivity index (χ3v) is 2.16. The van der Waals surface area contributed by atoms with E-state index in [0.717, 1.165) is 18.7 Å². The third-order valence-electron chi connectivity index (χ3n) is 2.16. The summed E-state index contributed by atoms with van der Waals surface area (Å²) in [5.74, 6) is 0.954. The molecule has 0 bridgehead atoms. The quantitative estimate of drug-likeness (QED) is 0.754. The van der Waals surface area contributed by atoms with Gasteiger partial charge in [0.15, 0.2) is 0 Å². The second kappa shape index (κ2) is 4.07. The summed E-state index contributed by atoms with van der Waals surface area (Å²) in [5.41, 5.74) is 5.74. The van der Waals surface area contributed by atoms with Gasteiger partial charge in [-0.1, -0.05) is 0 Å². The van der Waals surface area contributed by atoms with Crippen molar-refractivity contribution in [2.24, 2.45) is 5.73 Å². The molecule has 0 radical (unpaired) electrons. The summed E-state index contributed by atoms with van der Waals surface area (Å²) < 4.78 is 0. The number of nitrogens with one attached hydrogen (secondary N) is 1. The Labute approximate surface area is 83.1 Å². The van der Waals surface area contributed by atoms with E-state index < -0.39 is 0 Å². The van der Waals surface area contributed by atoms with Gasteiger partial charge in [-0.2, -0.15) is 5.10 Å². The summed E-state index contributed by atoms with van der Waals surface area (Å²) in [5, 5.41) is 6.63. The van der Waals surface area contributed by atoms with Crippen LogP contribution in [0.15, 0.2) is 6.33 Å². The Morgan fingerprint density at radius 3 is 2.50 bits per heavy atom. The Balaban J connectivity index is 0.000000605. The zero-order valence-electron chi connectivity index (χ0n) is 6.49. The summed E-state index contributed by atoms with van der Waals surface area (Å²) in [6.45, 7) is 0.683. The van der Waals surface area contributed by atoms with Crippen LogP contribution in [-0.4, -0.2) is 21.7 Å². The number of H-pyrrole nitrogens is 1. The Kier molecular flexibility index (Phi) is 3.96. The molecule has 1 saturated carbocycles. The number of hydrogen-bond donors (Lipinski definition) is 2. The number of hydrogen-bond acceptors (Lipinski definition) is 3. The van der Waals surface area contributed by atoms with E-state index in [1.807, 2.05) is 0 Å². The monoisotopic (exact) mass is 210 g/mol. The van der Waals surface area contributed by atoms with Crippen molar-refractivity contribution in [1.29, 1.82) is 0 Å². The Hall–Kier alpha value is -0.320. The lowest BCUT2D eigenvalue weighted by atomic mass is 10.1. The van der Waals surface area contributed by atoms with Crippen LogP contribution < -0.4 is 5.73 Å². The van der Waals surface area contributed by atoms with Crippen molar-refractivity contribution in [3.8, 4) is 0 Å². The molecule has 1 aromatic rings. The van der Waals surface area contributed by atoms with Gasteiger partial charge in [-0.05, 0) is 12.8 Å². The van der Waals surface area contributed by atoms with E-state index in [9.17, 15) is 0 Å². The third kappa shape index (κ3) is 1.71. The predicted octanol–water partition coefficient (Wildman–Crippen LogP) is 0.639. The highest BCUT2D eigenvalue weighted by Gasteiger charge is 2.45. The lowest BCUT2D eigenvalue weighted by molar-refractivity contribution is 0.652. The molecule has 3 N–H and O–H groups in total. The van der Waals surface area contributed by atoms with Crippen LogP contribution >= 0.6 is 24.8 Å². The van der Waals surface area contributed by atoms with Crippen molar-refractivity contribution in [3.63, 3.8) is 0 Å². The average molecular weight is 211 g/mol. The number of aromatic nitrogens is 3. The van der Waals surface area contributed by atoms with Crippen molar-refractivity contribution in [2.75, 3.05) is 6.54 Å². The fraction of sp³-hybridized carbons (Fsp3) is 0.667. The molecule has 12 heavy (non-hydrogen) atoms. The molecule has 0 saturated heterocycles. The molecule has 0 aliphatic heterocycles. The van der Waals surface area contributed by atoms with Crippen molar-refractivity contribution in [1.82, 2.24) is 15.2 Å². The molecule has 0 atom stereocenters. The molecule has 2 rings (SSSR count). The van der Waals surface area contributed by atoms with Gasteiger partial charge in [0, 0.05) is 12.0 Å². The van der Waals surface area contributed by atoms with Crippen LogP contribution in [0.5, 0.6) is 0 Å². The van der Waals surface area contributed by atoms with Gasteiger partial charge in [0.05, 0.1) is 0 Å². The maximum absolute atomic E-state index is 5.57. The number of nitrogens with two attached hydrogens (primary N) is 1. The number of halogens is 2. The van der Waals surface area contributed by atoms with E-state index in [-0.39, 0.29) is 30.2 Å². The molecule has 0 aromatic carbocycles. The molecular weight excluding hydrogens is 199 g/mol. The van der Waals surface area contributed by atoms with Gasteiger partial charge < -0.3 is 5.73 Å². The molecule has 70 valence electrons. The SMILES string of the molecule is Cl.Cl.NCC1(c2ncn[nH]2)CC1. The highest BCUT2D eigenvalue weighted by molar-refractivity contribution is 5.85. The molecule has 6 heteroatoms. The standard InChI is InChI=1S/C6H10N4.2ClH/c7-3-6(1-2-6)5-8-4-9-10-5;;/h4H,1-3,7H2,(H,8,9,10);2*1H. The van der Waals surface area contributed by atoms with Crippen LogP contribution in [-0.2, 0) is 5.41 Å². The largest absolute Gasteiger partial charge is 0.329 e. The van der Waals surface area contributed by atoms with Gasteiger partial charge in [0.1, 0.15) is 12.2 Å². The average Bonchev–Trinajstić information content (AvgIpc) is 2.58. The van der Waals surface area contributed by atoms with Gasteiger partial charge in [0.2, 0.25) is 0 Å². The first-order valence-electron chi connectivity index (χ1n) is 3.43. The second-order valence-corrected chi connectivity index (χ2v) is 2.82. The lowest BCUT2D eigenvalue weighted by Crippen LogP contribution is -2.21. The van der Waals surface area contributed by atoms with Crippen molar-refractivity contribution in [2.45, 2.75) is 18.3 Å². The predicted molar refractivity (Wildman–Crippen MR) is 50.8 cm³/mol.